The van der Waals surface area contributed by atoms with Crippen LogP contribution in [0.5, 0.6) is 5.75 Å². The number of aryl methyl sites for hydroxylation is 1. The highest BCUT2D eigenvalue weighted by atomic mass is 35.5. The van der Waals surface area contributed by atoms with E-state index in [9.17, 15) is 9.59 Å². The molecule has 0 atom stereocenters. The predicted molar refractivity (Wildman–Crippen MR) is 119 cm³/mol. The van der Waals surface area contributed by atoms with Gasteiger partial charge in [-0.3, -0.25) is 9.59 Å². The van der Waals surface area contributed by atoms with Crippen molar-refractivity contribution in [1.29, 1.82) is 0 Å². The van der Waals surface area contributed by atoms with E-state index in [-0.39, 0.29) is 0 Å². The molecule has 0 unspecified atom stereocenters. The van der Waals surface area contributed by atoms with Gasteiger partial charge >= 0.3 is 11.8 Å². The molecule has 30 heavy (non-hydrogen) atoms. The molecule has 5 nitrogen and oxygen atoms in total. The van der Waals surface area contributed by atoms with Crippen LogP contribution in [0.4, 0.5) is 5.69 Å². The Morgan fingerprint density at radius 3 is 1.97 bits per heavy atom. The van der Waals surface area contributed by atoms with Crippen molar-refractivity contribution in [1.82, 2.24) is 4.90 Å². The summed E-state index contributed by atoms with van der Waals surface area (Å²) in [6.07, 6.45) is 0. The SMILES string of the molecule is COc1cc(Cl)c(C)cc1NC(=O)C(=O)N(Cc1ccccc1)Cc1ccccc1. The Morgan fingerprint density at radius 1 is 0.933 bits per heavy atom. The molecule has 0 saturated carbocycles. The van der Waals surface area contributed by atoms with Crippen molar-refractivity contribution < 1.29 is 14.3 Å². The molecule has 154 valence electrons. The fourth-order valence-corrected chi connectivity index (χ4v) is 3.21. The number of halogens is 1. The van der Waals surface area contributed by atoms with E-state index in [1.54, 1.807) is 12.1 Å². The third kappa shape index (κ3) is 5.39. The van der Waals surface area contributed by atoms with Crippen LogP contribution in [0.2, 0.25) is 5.02 Å². The van der Waals surface area contributed by atoms with Gasteiger partial charge in [0.05, 0.1) is 12.8 Å². The molecule has 2 amide bonds. The molecule has 6 heteroatoms. The molecule has 1 N–H and O–H groups in total. The van der Waals surface area contributed by atoms with E-state index in [0.717, 1.165) is 16.7 Å². The minimum Gasteiger partial charge on any atom is -0.495 e. The van der Waals surface area contributed by atoms with Crippen LogP contribution in [0, 0.1) is 6.92 Å². The van der Waals surface area contributed by atoms with Crippen molar-refractivity contribution in [2.24, 2.45) is 0 Å². The summed E-state index contributed by atoms with van der Waals surface area (Å²) in [5.74, 6) is -0.969. The van der Waals surface area contributed by atoms with Gasteiger partial charge in [-0.05, 0) is 29.7 Å². The fourth-order valence-electron chi connectivity index (χ4n) is 3.06. The summed E-state index contributed by atoms with van der Waals surface area (Å²) >= 11 is 6.13. The Morgan fingerprint density at radius 2 is 1.47 bits per heavy atom. The van der Waals surface area contributed by atoms with Gasteiger partial charge < -0.3 is 15.0 Å². The highest BCUT2D eigenvalue weighted by Gasteiger charge is 2.24. The number of rotatable bonds is 6. The van der Waals surface area contributed by atoms with E-state index in [1.165, 1.54) is 12.0 Å². The summed E-state index contributed by atoms with van der Waals surface area (Å²) in [6, 6.07) is 22.4. The third-order valence-corrected chi connectivity index (χ3v) is 5.05. The quantitative estimate of drug-likeness (QED) is 0.579. The molecule has 0 saturated heterocycles. The van der Waals surface area contributed by atoms with Crippen molar-refractivity contribution in [3.63, 3.8) is 0 Å². The highest BCUT2D eigenvalue weighted by molar-refractivity contribution is 6.39. The number of amides is 2. The molecule has 0 bridgehead atoms. The maximum absolute atomic E-state index is 13.1. The summed E-state index contributed by atoms with van der Waals surface area (Å²) in [7, 11) is 1.48. The number of hydrogen-bond acceptors (Lipinski definition) is 3. The van der Waals surface area contributed by atoms with E-state index in [2.05, 4.69) is 5.32 Å². The molecule has 3 rings (SSSR count). The number of methoxy groups -OCH3 is 1. The topological polar surface area (TPSA) is 58.6 Å². The van der Waals surface area contributed by atoms with Gasteiger partial charge in [0.15, 0.2) is 0 Å². The Kier molecular flexibility index (Phi) is 7.09. The summed E-state index contributed by atoms with van der Waals surface area (Å²) < 4.78 is 5.29. The fraction of sp³-hybridized carbons (Fsp3) is 0.167. The van der Waals surface area contributed by atoms with Gasteiger partial charge in [-0.15, -0.1) is 0 Å². The average molecular weight is 423 g/mol. The van der Waals surface area contributed by atoms with Crippen LogP contribution in [0.15, 0.2) is 72.8 Å². The van der Waals surface area contributed by atoms with Crippen molar-refractivity contribution in [2.45, 2.75) is 20.0 Å². The normalized spacial score (nSPS) is 10.4. The lowest BCUT2D eigenvalue weighted by molar-refractivity contribution is -0.144. The molecule has 0 heterocycles. The summed E-state index contributed by atoms with van der Waals surface area (Å²) in [5.41, 5.74) is 3.05. The van der Waals surface area contributed by atoms with Crippen LogP contribution >= 0.6 is 11.6 Å². The maximum atomic E-state index is 13.1. The van der Waals surface area contributed by atoms with Crippen LogP contribution in [0.1, 0.15) is 16.7 Å². The summed E-state index contributed by atoms with van der Waals surface area (Å²) in [4.78, 5) is 27.4. The van der Waals surface area contributed by atoms with Crippen LogP contribution in [-0.4, -0.2) is 23.8 Å². The zero-order valence-electron chi connectivity index (χ0n) is 16.9. The lowest BCUT2D eigenvalue weighted by Crippen LogP contribution is -2.39. The van der Waals surface area contributed by atoms with E-state index >= 15 is 0 Å². The zero-order chi connectivity index (χ0) is 21.5. The number of benzene rings is 3. The Balaban J connectivity index is 1.82. The Bertz CT molecular complexity index is 982. The van der Waals surface area contributed by atoms with Crippen LogP contribution < -0.4 is 10.1 Å². The van der Waals surface area contributed by atoms with Gasteiger partial charge in [0, 0.05) is 24.2 Å². The number of hydrogen-bond donors (Lipinski definition) is 1. The zero-order valence-corrected chi connectivity index (χ0v) is 17.6. The van der Waals surface area contributed by atoms with E-state index < -0.39 is 11.8 Å². The lowest BCUT2D eigenvalue weighted by Gasteiger charge is -2.23. The molecule has 0 aliphatic carbocycles. The molecular formula is C24H23ClN2O3. The van der Waals surface area contributed by atoms with E-state index in [1.807, 2.05) is 67.6 Å². The van der Waals surface area contributed by atoms with Crippen molar-refractivity contribution in [3.8, 4) is 5.75 Å². The Hall–Kier alpha value is -3.31. The highest BCUT2D eigenvalue weighted by Crippen LogP contribution is 2.31. The van der Waals surface area contributed by atoms with Gasteiger partial charge in [0.1, 0.15) is 5.75 Å². The first kappa shape index (κ1) is 21.4. The molecule has 0 fully saturated rings. The van der Waals surface area contributed by atoms with Crippen molar-refractivity contribution in [3.05, 3.63) is 94.5 Å². The smallest absolute Gasteiger partial charge is 0.314 e. The second-order valence-corrected chi connectivity index (χ2v) is 7.30. The minimum absolute atomic E-state index is 0.318. The first-order chi connectivity index (χ1) is 14.5. The van der Waals surface area contributed by atoms with Crippen molar-refractivity contribution >= 4 is 29.1 Å². The van der Waals surface area contributed by atoms with Gasteiger partial charge in [-0.2, -0.15) is 0 Å². The summed E-state index contributed by atoms with van der Waals surface area (Å²) in [5, 5.41) is 3.19. The molecule has 0 aliphatic rings. The minimum atomic E-state index is -0.734. The van der Waals surface area contributed by atoms with Crippen LogP contribution in [0.3, 0.4) is 0 Å². The van der Waals surface area contributed by atoms with Gasteiger partial charge in [0.25, 0.3) is 0 Å². The third-order valence-electron chi connectivity index (χ3n) is 4.64. The van der Waals surface area contributed by atoms with E-state index in [0.29, 0.717) is 29.5 Å². The molecule has 3 aromatic carbocycles. The summed E-state index contributed by atoms with van der Waals surface area (Å²) in [6.45, 7) is 2.45. The molecule has 0 aromatic heterocycles. The molecule has 0 aliphatic heterocycles. The lowest BCUT2D eigenvalue weighted by atomic mass is 10.1. The van der Waals surface area contributed by atoms with Gasteiger partial charge in [-0.1, -0.05) is 72.3 Å². The number of nitrogens with one attached hydrogen (secondary N) is 1. The molecular weight excluding hydrogens is 400 g/mol. The maximum Gasteiger partial charge on any atom is 0.314 e. The predicted octanol–water partition coefficient (Wildman–Crippen LogP) is 4.82. The second kappa shape index (κ2) is 9.94. The van der Waals surface area contributed by atoms with Gasteiger partial charge in [-0.25, -0.2) is 0 Å². The number of anilines is 1. The molecule has 3 aromatic rings. The number of carbonyl (C=O) groups excluding carboxylic acids is 2. The average Bonchev–Trinajstić information content (AvgIpc) is 2.76. The first-order valence-corrected chi connectivity index (χ1v) is 9.88. The molecule has 0 spiro atoms. The Labute approximate surface area is 181 Å². The number of nitrogens with zero attached hydrogens (tertiary/aromatic N) is 1. The van der Waals surface area contributed by atoms with Crippen LogP contribution in [-0.2, 0) is 22.7 Å². The number of ether oxygens (including phenoxy) is 1. The number of carbonyl (C=O) groups is 2. The van der Waals surface area contributed by atoms with Crippen molar-refractivity contribution in [2.75, 3.05) is 12.4 Å². The van der Waals surface area contributed by atoms with Gasteiger partial charge in [0.2, 0.25) is 0 Å². The van der Waals surface area contributed by atoms with Crippen LogP contribution in [0.25, 0.3) is 0 Å². The second-order valence-electron chi connectivity index (χ2n) is 6.89. The first-order valence-electron chi connectivity index (χ1n) is 9.50. The monoisotopic (exact) mass is 422 g/mol. The molecule has 0 radical (unpaired) electrons. The standard InChI is InChI=1S/C24H23ClN2O3/c1-17-13-21(22(30-2)14-20(17)25)26-23(28)24(29)27(15-18-9-5-3-6-10-18)16-19-11-7-4-8-12-19/h3-14H,15-16H2,1-2H3,(H,26,28). The largest absolute Gasteiger partial charge is 0.495 e. The van der Waals surface area contributed by atoms with E-state index in [4.69, 9.17) is 16.3 Å².